The number of rotatable bonds is 3. The first-order valence-corrected chi connectivity index (χ1v) is 6.24. The average molecular weight is 260 g/mol. The van der Waals surface area contributed by atoms with E-state index in [1.165, 1.54) is 6.07 Å². The molecule has 1 aliphatic rings. The number of nitrogens with one attached hydrogen (secondary N) is 1. The number of benzene rings is 1. The molecule has 1 aliphatic heterocycles. The van der Waals surface area contributed by atoms with Crippen molar-refractivity contribution in [2.75, 3.05) is 25.5 Å². The van der Waals surface area contributed by atoms with Crippen LogP contribution in [0.3, 0.4) is 0 Å². The zero-order valence-corrected chi connectivity index (χ0v) is 10.8. The minimum atomic E-state index is -0.446. The van der Waals surface area contributed by atoms with Crippen LogP contribution in [0.15, 0.2) is 18.2 Å². The molecule has 0 amide bonds. The van der Waals surface area contributed by atoms with E-state index < -0.39 is 4.92 Å². The number of likely N-dealkylation sites (tertiary alicyclic amines) is 1. The van der Waals surface area contributed by atoms with Crippen LogP contribution < -0.4 is 5.32 Å². The summed E-state index contributed by atoms with van der Waals surface area (Å²) in [7, 11) is 2.07. The second-order valence-corrected chi connectivity index (χ2v) is 4.82. The van der Waals surface area contributed by atoms with Crippen LogP contribution in [0.5, 0.6) is 0 Å². The lowest BCUT2D eigenvalue weighted by Crippen LogP contribution is -2.36. The number of nitrogens with zero attached hydrogens (tertiary/aromatic N) is 3. The van der Waals surface area contributed by atoms with Gasteiger partial charge in [0.1, 0.15) is 5.69 Å². The lowest BCUT2D eigenvalue weighted by Gasteiger charge is -2.30. The van der Waals surface area contributed by atoms with E-state index in [9.17, 15) is 10.1 Å². The van der Waals surface area contributed by atoms with Crippen molar-refractivity contribution in [3.8, 4) is 6.07 Å². The molecule has 2 rings (SSSR count). The van der Waals surface area contributed by atoms with Gasteiger partial charge < -0.3 is 10.2 Å². The summed E-state index contributed by atoms with van der Waals surface area (Å²) in [6.45, 7) is 1.98. The number of nitriles is 1. The highest BCUT2D eigenvalue weighted by Crippen LogP contribution is 2.27. The van der Waals surface area contributed by atoms with Crippen molar-refractivity contribution in [3.05, 3.63) is 33.9 Å². The maximum absolute atomic E-state index is 11.0. The van der Waals surface area contributed by atoms with Crippen molar-refractivity contribution in [1.82, 2.24) is 4.90 Å². The van der Waals surface area contributed by atoms with E-state index in [-0.39, 0.29) is 11.7 Å². The molecule has 1 saturated heterocycles. The van der Waals surface area contributed by atoms with Gasteiger partial charge in [-0.05, 0) is 45.1 Å². The zero-order chi connectivity index (χ0) is 13.8. The first-order valence-electron chi connectivity index (χ1n) is 6.24. The van der Waals surface area contributed by atoms with Gasteiger partial charge in [-0.2, -0.15) is 5.26 Å². The quantitative estimate of drug-likeness (QED) is 0.663. The average Bonchev–Trinajstić information content (AvgIpc) is 2.41. The minimum Gasteiger partial charge on any atom is -0.377 e. The molecule has 1 heterocycles. The monoisotopic (exact) mass is 260 g/mol. The zero-order valence-electron chi connectivity index (χ0n) is 10.8. The van der Waals surface area contributed by atoms with Crippen molar-refractivity contribution in [1.29, 1.82) is 5.26 Å². The van der Waals surface area contributed by atoms with Gasteiger partial charge in [0.15, 0.2) is 0 Å². The maximum Gasteiger partial charge on any atom is 0.293 e. The molecule has 0 unspecified atom stereocenters. The maximum atomic E-state index is 11.0. The summed E-state index contributed by atoms with van der Waals surface area (Å²) in [5, 5.41) is 23.0. The van der Waals surface area contributed by atoms with E-state index in [2.05, 4.69) is 17.3 Å². The summed E-state index contributed by atoms with van der Waals surface area (Å²) in [6, 6.07) is 6.71. The van der Waals surface area contributed by atoms with Gasteiger partial charge in [-0.1, -0.05) is 0 Å². The molecule has 0 bridgehead atoms. The van der Waals surface area contributed by atoms with Crippen molar-refractivity contribution in [2.24, 2.45) is 0 Å². The molecule has 1 fully saturated rings. The third kappa shape index (κ3) is 3.20. The van der Waals surface area contributed by atoms with Crippen LogP contribution in [-0.4, -0.2) is 36.0 Å². The van der Waals surface area contributed by atoms with Gasteiger partial charge in [-0.25, -0.2) is 0 Å². The van der Waals surface area contributed by atoms with E-state index in [4.69, 9.17) is 5.26 Å². The molecule has 1 aromatic carbocycles. The second kappa shape index (κ2) is 5.67. The predicted octanol–water partition coefficient (Wildman–Crippen LogP) is 1.97. The standard InChI is InChI=1S/C13H16N4O2/c1-16-6-4-11(5-7-16)15-12-3-2-10(9-14)8-13(12)17(18)19/h2-3,8,11,15H,4-7H2,1H3. The van der Waals surface area contributed by atoms with Crippen LogP contribution in [0.1, 0.15) is 18.4 Å². The molecule has 0 spiro atoms. The van der Waals surface area contributed by atoms with Gasteiger partial charge in [0.25, 0.3) is 5.69 Å². The Balaban J connectivity index is 2.16. The summed E-state index contributed by atoms with van der Waals surface area (Å²) in [5.41, 5.74) is 0.775. The number of anilines is 1. The Kier molecular flexibility index (Phi) is 3.97. The number of nitro groups is 1. The predicted molar refractivity (Wildman–Crippen MR) is 72.0 cm³/mol. The van der Waals surface area contributed by atoms with Gasteiger partial charge in [0.2, 0.25) is 0 Å². The Morgan fingerprint density at radius 2 is 2.16 bits per heavy atom. The summed E-state index contributed by atoms with van der Waals surface area (Å²) < 4.78 is 0. The highest BCUT2D eigenvalue weighted by Gasteiger charge is 2.21. The van der Waals surface area contributed by atoms with Crippen molar-refractivity contribution < 1.29 is 4.92 Å². The largest absolute Gasteiger partial charge is 0.377 e. The van der Waals surface area contributed by atoms with Crippen LogP contribution in [0, 0.1) is 21.4 Å². The third-order valence-corrected chi connectivity index (χ3v) is 3.40. The minimum absolute atomic E-state index is 0.0296. The third-order valence-electron chi connectivity index (χ3n) is 3.40. The Morgan fingerprint density at radius 3 is 2.74 bits per heavy atom. The first kappa shape index (κ1) is 13.3. The molecular weight excluding hydrogens is 244 g/mol. The second-order valence-electron chi connectivity index (χ2n) is 4.82. The molecule has 0 aromatic heterocycles. The molecule has 0 saturated carbocycles. The van der Waals surface area contributed by atoms with E-state index in [0.717, 1.165) is 25.9 Å². The highest BCUT2D eigenvalue weighted by molar-refractivity contribution is 5.64. The number of piperidine rings is 1. The molecule has 6 nitrogen and oxygen atoms in total. The van der Waals surface area contributed by atoms with Crippen LogP contribution in [0.2, 0.25) is 0 Å². The van der Waals surface area contributed by atoms with E-state index >= 15 is 0 Å². The summed E-state index contributed by atoms with van der Waals surface area (Å²) in [6.07, 6.45) is 1.93. The summed E-state index contributed by atoms with van der Waals surface area (Å²) in [4.78, 5) is 12.8. The highest BCUT2D eigenvalue weighted by atomic mass is 16.6. The fourth-order valence-electron chi connectivity index (χ4n) is 2.25. The lowest BCUT2D eigenvalue weighted by atomic mass is 10.0. The molecule has 0 radical (unpaired) electrons. The van der Waals surface area contributed by atoms with Gasteiger partial charge in [-0.15, -0.1) is 0 Å². The Morgan fingerprint density at radius 1 is 1.47 bits per heavy atom. The smallest absolute Gasteiger partial charge is 0.293 e. The topological polar surface area (TPSA) is 82.2 Å². The van der Waals surface area contributed by atoms with Gasteiger partial charge in [0, 0.05) is 12.1 Å². The fraction of sp³-hybridized carbons (Fsp3) is 0.462. The van der Waals surface area contributed by atoms with Crippen LogP contribution in [0.4, 0.5) is 11.4 Å². The fourth-order valence-corrected chi connectivity index (χ4v) is 2.25. The normalized spacial score (nSPS) is 16.8. The molecule has 6 heteroatoms. The van der Waals surface area contributed by atoms with E-state index in [1.807, 2.05) is 6.07 Å². The Hall–Kier alpha value is -2.13. The molecule has 100 valence electrons. The van der Waals surface area contributed by atoms with Gasteiger partial charge in [-0.3, -0.25) is 10.1 Å². The molecule has 1 N–H and O–H groups in total. The van der Waals surface area contributed by atoms with Gasteiger partial charge >= 0.3 is 0 Å². The molecule has 19 heavy (non-hydrogen) atoms. The van der Waals surface area contributed by atoms with Crippen molar-refractivity contribution >= 4 is 11.4 Å². The Labute approximate surface area is 111 Å². The van der Waals surface area contributed by atoms with E-state index in [1.54, 1.807) is 12.1 Å². The first-order chi connectivity index (χ1) is 9.10. The molecule has 1 aromatic rings. The van der Waals surface area contributed by atoms with E-state index in [0.29, 0.717) is 11.3 Å². The Bertz CT molecular complexity index is 516. The van der Waals surface area contributed by atoms with Crippen LogP contribution in [-0.2, 0) is 0 Å². The number of hydrogen-bond donors (Lipinski definition) is 1. The summed E-state index contributed by atoms with van der Waals surface area (Å²) in [5.74, 6) is 0. The number of hydrogen-bond acceptors (Lipinski definition) is 5. The molecular formula is C13H16N4O2. The molecule has 0 aliphatic carbocycles. The lowest BCUT2D eigenvalue weighted by molar-refractivity contribution is -0.384. The summed E-state index contributed by atoms with van der Waals surface area (Å²) >= 11 is 0. The SMILES string of the molecule is CN1CCC(Nc2ccc(C#N)cc2[N+](=O)[O-])CC1. The van der Waals surface area contributed by atoms with Gasteiger partial charge in [0.05, 0.1) is 16.6 Å². The van der Waals surface area contributed by atoms with Crippen LogP contribution >= 0.6 is 0 Å². The van der Waals surface area contributed by atoms with Crippen LogP contribution in [0.25, 0.3) is 0 Å². The number of nitro benzene ring substituents is 1. The van der Waals surface area contributed by atoms with Crippen molar-refractivity contribution in [3.63, 3.8) is 0 Å². The van der Waals surface area contributed by atoms with Crippen molar-refractivity contribution in [2.45, 2.75) is 18.9 Å². The molecule has 0 atom stereocenters.